The van der Waals surface area contributed by atoms with Gasteiger partial charge >= 0.3 is 5.97 Å². The minimum atomic E-state index is -0.943. The Morgan fingerprint density at radius 1 is 1.50 bits per heavy atom. The smallest absolute Gasteiger partial charge is 0.305 e. The number of carbonyl (C=O) groups is 2. The van der Waals surface area contributed by atoms with Crippen molar-refractivity contribution in [2.45, 2.75) is 32.7 Å². The second-order valence-electron chi connectivity index (χ2n) is 3.59. The van der Waals surface area contributed by atoms with Gasteiger partial charge in [-0.05, 0) is 19.1 Å². The van der Waals surface area contributed by atoms with E-state index in [1.54, 1.807) is 19.1 Å². The molecule has 0 aliphatic heterocycles. The maximum Gasteiger partial charge on any atom is 0.305 e. The molecule has 1 aromatic heterocycles. The topological polar surface area (TPSA) is 79.5 Å². The lowest BCUT2D eigenvalue weighted by Gasteiger charge is -2.09. The summed E-state index contributed by atoms with van der Waals surface area (Å²) < 4.78 is 5.24. The molecule has 1 amide bonds. The lowest BCUT2D eigenvalue weighted by Crippen LogP contribution is -2.33. The number of aliphatic carboxylic acids is 1. The van der Waals surface area contributed by atoms with Crippen LogP contribution in [0.25, 0.3) is 0 Å². The van der Waals surface area contributed by atoms with Crippen LogP contribution in [0.15, 0.2) is 16.5 Å². The number of aryl methyl sites for hydroxylation is 1. The van der Waals surface area contributed by atoms with Crippen LogP contribution in [0, 0.1) is 0 Å². The van der Waals surface area contributed by atoms with E-state index in [0.717, 1.165) is 12.2 Å². The van der Waals surface area contributed by atoms with Crippen LogP contribution in [0.5, 0.6) is 0 Å². The highest BCUT2D eigenvalue weighted by Gasteiger charge is 2.15. The highest BCUT2D eigenvalue weighted by molar-refractivity contribution is 5.91. The van der Waals surface area contributed by atoms with E-state index >= 15 is 0 Å². The molecule has 0 saturated carbocycles. The maximum atomic E-state index is 11.6. The Kier molecular flexibility index (Phi) is 4.10. The van der Waals surface area contributed by atoms with E-state index in [1.807, 2.05) is 6.92 Å². The highest BCUT2D eigenvalue weighted by Crippen LogP contribution is 2.08. The molecule has 1 heterocycles. The lowest BCUT2D eigenvalue weighted by molar-refractivity contribution is -0.137. The van der Waals surface area contributed by atoms with Crippen molar-refractivity contribution in [2.75, 3.05) is 0 Å². The first-order valence-corrected chi connectivity index (χ1v) is 5.14. The van der Waals surface area contributed by atoms with E-state index in [1.165, 1.54) is 0 Å². The molecule has 1 atom stereocenters. The number of nitrogens with one attached hydrogen (secondary N) is 1. The third kappa shape index (κ3) is 3.42. The van der Waals surface area contributed by atoms with Gasteiger partial charge < -0.3 is 14.8 Å². The summed E-state index contributed by atoms with van der Waals surface area (Å²) in [4.78, 5) is 22.0. The molecule has 0 radical (unpaired) electrons. The first-order valence-electron chi connectivity index (χ1n) is 5.14. The van der Waals surface area contributed by atoms with Crippen molar-refractivity contribution < 1.29 is 19.1 Å². The van der Waals surface area contributed by atoms with Crippen LogP contribution >= 0.6 is 0 Å². The van der Waals surface area contributed by atoms with Crippen molar-refractivity contribution in [3.05, 3.63) is 23.7 Å². The molecule has 0 spiro atoms. The van der Waals surface area contributed by atoms with Crippen LogP contribution in [0.1, 0.15) is 36.6 Å². The fourth-order valence-corrected chi connectivity index (χ4v) is 1.30. The zero-order valence-corrected chi connectivity index (χ0v) is 9.32. The van der Waals surface area contributed by atoms with Crippen molar-refractivity contribution in [1.82, 2.24) is 5.32 Å². The van der Waals surface area contributed by atoms with Crippen molar-refractivity contribution in [1.29, 1.82) is 0 Å². The van der Waals surface area contributed by atoms with Crippen molar-refractivity contribution in [3.8, 4) is 0 Å². The Morgan fingerprint density at radius 2 is 2.19 bits per heavy atom. The van der Waals surface area contributed by atoms with E-state index < -0.39 is 12.0 Å². The van der Waals surface area contributed by atoms with Gasteiger partial charge in [-0.2, -0.15) is 0 Å². The minimum absolute atomic E-state index is 0.104. The van der Waals surface area contributed by atoms with Crippen molar-refractivity contribution in [2.24, 2.45) is 0 Å². The second kappa shape index (κ2) is 5.34. The Bertz CT molecular complexity index is 383. The van der Waals surface area contributed by atoms with Gasteiger partial charge in [0.2, 0.25) is 0 Å². The zero-order chi connectivity index (χ0) is 12.1. The molecule has 88 valence electrons. The van der Waals surface area contributed by atoms with Gasteiger partial charge in [-0.25, -0.2) is 0 Å². The van der Waals surface area contributed by atoms with Crippen LogP contribution in [-0.4, -0.2) is 23.0 Å². The molecule has 0 aliphatic carbocycles. The average molecular weight is 225 g/mol. The quantitative estimate of drug-likeness (QED) is 0.794. The monoisotopic (exact) mass is 225 g/mol. The summed E-state index contributed by atoms with van der Waals surface area (Å²) in [5.74, 6) is -0.375. The van der Waals surface area contributed by atoms with Crippen molar-refractivity contribution >= 4 is 11.9 Å². The van der Waals surface area contributed by atoms with E-state index in [-0.39, 0.29) is 18.1 Å². The molecule has 1 unspecified atom stereocenters. The summed E-state index contributed by atoms with van der Waals surface area (Å²) in [7, 11) is 0. The first kappa shape index (κ1) is 12.3. The summed E-state index contributed by atoms with van der Waals surface area (Å²) >= 11 is 0. The number of hydrogen-bond donors (Lipinski definition) is 2. The molecule has 5 heteroatoms. The van der Waals surface area contributed by atoms with Crippen LogP contribution in [-0.2, 0) is 11.2 Å². The molecule has 2 N–H and O–H groups in total. The minimum Gasteiger partial charge on any atom is -0.481 e. The summed E-state index contributed by atoms with van der Waals surface area (Å²) in [6.07, 6.45) is 0.616. The lowest BCUT2D eigenvalue weighted by atomic mass is 10.2. The van der Waals surface area contributed by atoms with Crippen LogP contribution in [0.3, 0.4) is 0 Å². The summed E-state index contributed by atoms with van der Waals surface area (Å²) in [5, 5.41) is 11.1. The number of carboxylic acids is 1. The summed E-state index contributed by atoms with van der Waals surface area (Å²) in [6, 6.07) is 2.90. The molecule has 0 fully saturated rings. The average Bonchev–Trinajstić information content (AvgIpc) is 2.64. The van der Waals surface area contributed by atoms with Crippen molar-refractivity contribution in [3.63, 3.8) is 0 Å². The number of hydrogen-bond acceptors (Lipinski definition) is 3. The van der Waals surface area contributed by atoms with E-state index in [9.17, 15) is 9.59 Å². The number of furan rings is 1. The summed E-state index contributed by atoms with van der Waals surface area (Å²) in [6.45, 7) is 3.56. The van der Waals surface area contributed by atoms with E-state index in [0.29, 0.717) is 0 Å². The van der Waals surface area contributed by atoms with Crippen LogP contribution < -0.4 is 5.32 Å². The molecule has 0 aliphatic rings. The molecule has 5 nitrogen and oxygen atoms in total. The normalized spacial score (nSPS) is 12.1. The molecule has 0 aromatic carbocycles. The number of carboxylic acid groups (broad SMARTS) is 1. The van der Waals surface area contributed by atoms with Gasteiger partial charge in [-0.3, -0.25) is 9.59 Å². The Balaban J connectivity index is 2.54. The van der Waals surface area contributed by atoms with Gasteiger partial charge in [0.25, 0.3) is 5.91 Å². The van der Waals surface area contributed by atoms with Gasteiger partial charge in [0.15, 0.2) is 5.76 Å². The van der Waals surface area contributed by atoms with Gasteiger partial charge in [0.05, 0.1) is 6.42 Å². The Hall–Kier alpha value is -1.78. The summed E-state index contributed by atoms with van der Waals surface area (Å²) in [5.41, 5.74) is 0. The Labute approximate surface area is 93.4 Å². The second-order valence-corrected chi connectivity index (χ2v) is 3.59. The third-order valence-electron chi connectivity index (χ3n) is 2.09. The molecule has 16 heavy (non-hydrogen) atoms. The van der Waals surface area contributed by atoms with Gasteiger partial charge in [-0.1, -0.05) is 6.92 Å². The SMILES string of the molecule is CCc1ccc(C(=O)NC(C)CC(=O)O)o1. The van der Waals surface area contributed by atoms with E-state index in [2.05, 4.69) is 5.32 Å². The first-order chi connectivity index (χ1) is 7.52. The largest absolute Gasteiger partial charge is 0.481 e. The predicted octanol–water partition coefficient (Wildman–Crippen LogP) is 1.44. The zero-order valence-electron chi connectivity index (χ0n) is 9.32. The van der Waals surface area contributed by atoms with Gasteiger partial charge in [0, 0.05) is 12.5 Å². The molecule has 0 saturated heterocycles. The standard InChI is InChI=1S/C11H15NO4/c1-3-8-4-5-9(16-8)11(15)12-7(2)6-10(13)14/h4-5,7H,3,6H2,1-2H3,(H,12,15)(H,13,14). The molecule has 0 bridgehead atoms. The number of carbonyl (C=O) groups excluding carboxylic acids is 1. The van der Waals surface area contributed by atoms with Crippen LogP contribution in [0.2, 0.25) is 0 Å². The molecular weight excluding hydrogens is 210 g/mol. The molecule has 1 rings (SSSR count). The number of rotatable bonds is 5. The maximum absolute atomic E-state index is 11.6. The number of amides is 1. The van der Waals surface area contributed by atoms with E-state index in [4.69, 9.17) is 9.52 Å². The fraction of sp³-hybridized carbons (Fsp3) is 0.455. The van der Waals surface area contributed by atoms with Gasteiger partial charge in [0.1, 0.15) is 5.76 Å². The van der Waals surface area contributed by atoms with Crippen LogP contribution in [0.4, 0.5) is 0 Å². The van der Waals surface area contributed by atoms with Gasteiger partial charge in [-0.15, -0.1) is 0 Å². The fourth-order valence-electron chi connectivity index (χ4n) is 1.30. The highest BCUT2D eigenvalue weighted by atomic mass is 16.4. The predicted molar refractivity (Wildman–Crippen MR) is 57.3 cm³/mol. The molecule has 1 aromatic rings. The Morgan fingerprint density at radius 3 is 2.69 bits per heavy atom. The third-order valence-corrected chi connectivity index (χ3v) is 2.09. The molecular formula is C11H15NO4.